The lowest BCUT2D eigenvalue weighted by molar-refractivity contribution is 0.602. The topological polar surface area (TPSA) is 60.2 Å². The maximum Gasteiger partial charge on any atom is 0.191 e. The minimum atomic E-state index is -0.414. The van der Waals surface area contributed by atoms with Crippen LogP contribution in [0.25, 0.3) is 0 Å². The Hall–Kier alpha value is -2.58. The van der Waals surface area contributed by atoms with Crippen molar-refractivity contribution in [2.24, 2.45) is 4.99 Å². The molecule has 0 heterocycles. The highest BCUT2D eigenvalue weighted by atomic mass is 35.5. The predicted octanol–water partition coefficient (Wildman–Crippen LogP) is 3.78. The lowest BCUT2D eigenvalue weighted by atomic mass is 10.1. The van der Waals surface area contributed by atoms with Crippen molar-refractivity contribution in [2.75, 3.05) is 7.05 Å². The van der Waals surface area contributed by atoms with Crippen molar-refractivity contribution in [3.63, 3.8) is 0 Å². The average molecular weight is 345 g/mol. The van der Waals surface area contributed by atoms with Crippen LogP contribution in [-0.4, -0.2) is 13.0 Å². The van der Waals surface area contributed by atoms with Gasteiger partial charge in [-0.15, -0.1) is 0 Å². The van der Waals surface area contributed by atoms with Gasteiger partial charge in [-0.3, -0.25) is 4.99 Å². The summed E-state index contributed by atoms with van der Waals surface area (Å²) in [4.78, 5) is 4.14. The number of nitrogens with one attached hydrogen (secondary N) is 2. The Balaban J connectivity index is 1.98. The van der Waals surface area contributed by atoms with Crippen molar-refractivity contribution >= 4 is 17.6 Å². The Morgan fingerprint density at radius 3 is 2.58 bits per heavy atom. The van der Waals surface area contributed by atoms with Gasteiger partial charge in [-0.2, -0.15) is 5.26 Å². The van der Waals surface area contributed by atoms with Gasteiger partial charge in [0.1, 0.15) is 5.82 Å². The number of nitriles is 1. The molecule has 2 aromatic rings. The van der Waals surface area contributed by atoms with Gasteiger partial charge in [-0.05, 0) is 36.8 Å². The standard InChI is InChI=1S/C18H18ClFN4/c1-12(14-5-7-16(19)8-6-14)24-18(22-2)23-11-15-4-3-13(10-21)9-17(15)20/h3-9,12H,11H2,1-2H3,(H2,22,23,24). The van der Waals surface area contributed by atoms with Gasteiger partial charge >= 0.3 is 0 Å². The van der Waals surface area contributed by atoms with E-state index in [9.17, 15) is 4.39 Å². The molecule has 0 spiro atoms. The molecule has 24 heavy (non-hydrogen) atoms. The Kier molecular flexibility index (Phi) is 6.16. The third-order valence-electron chi connectivity index (χ3n) is 3.58. The van der Waals surface area contributed by atoms with E-state index >= 15 is 0 Å². The summed E-state index contributed by atoms with van der Waals surface area (Å²) in [6, 6.07) is 13.9. The molecule has 2 rings (SSSR count). The number of nitrogens with zero attached hydrogens (tertiary/aromatic N) is 2. The van der Waals surface area contributed by atoms with Crippen molar-refractivity contribution in [1.29, 1.82) is 5.26 Å². The quantitative estimate of drug-likeness (QED) is 0.655. The van der Waals surface area contributed by atoms with E-state index in [1.165, 1.54) is 6.07 Å². The van der Waals surface area contributed by atoms with Gasteiger partial charge in [0.25, 0.3) is 0 Å². The molecule has 0 aliphatic carbocycles. The highest BCUT2D eigenvalue weighted by molar-refractivity contribution is 6.30. The predicted molar refractivity (Wildman–Crippen MR) is 94.3 cm³/mol. The summed E-state index contributed by atoms with van der Waals surface area (Å²) in [5, 5.41) is 15.8. The van der Waals surface area contributed by atoms with E-state index in [0.717, 1.165) is 5.56 Å². The van der Waals surface area contributed by atoms with Gasteiger partial charge in [-0.25, -0.2) is 4.39 Å². The second kappa shape index (κ2) is 8.32. The van der Waals surface area contributed by atoms with Crippen LogP contribution < -0.4 is 10.6 Å². The molecule has 124 valence electrons. The second-order valence-corrected chi connectivity index (χ2v) is 5.70. The van der Waals surface area contributed by atoms with Crippen LogP contribution in [0.5, 0.6) is 0 Å². The van der Waals surface area contributed by atoms with Crippen LogP contribution >= 0.6 is 11.6 Å². The largest absolute Gasteiger partial charge is 0.352 e. The number of hydrogen-bond acceptors (Lipinski definition) is 2. The number of benzene rings is 2. The molecule has 1 atom stereocenters. The molecule has 0 bridgehead atoms. The summed E-state index contributed by atoms with van der Waals surface area (Å²) in [5.74, 6) is 0.143. The van der Waals surface area contributed by atoms with Crippen LogP contribution in [0.2, 0.25) is 5.02 Å². The third-order valence-corrected chi connectivity index (χ3v) is 3.83. The SMILES string of the molecule is CN=C(NCc1ccc(C#N)cc1F)NC(C)c1ccc(Cl)cc1. The summed E-state index contributed by atoms with van der Waals surface area (Å²) in [6.45, 7) is 2.27. The maximum atomic E-state index is 13.9. The van der Waals surface area contributed by atoms with Crippen molar-refractivity contribution in [2.45, 2.75) is 19.5 Å². The minimum Gasteiger partial charge on any atom is -0.352 e. The van der Waals surface area contributed by atoms with Crippen molar-refractivity contribution in [1.82, 2.24) is 10.6 Å². The van der Waals surface area contributed by atoms with Crippen molar-refractivity contribution in [3.05, 3.63) is 70.0 Å². The molecule has 4 nitrogen and oxygen atoms in total. The van der Waals surface area contributed by atoms with Crippen LogP contribution in [0.1, 0.15) is 29.7 Å². The number of rotatable bonds is 4. The van der Waals surface area contributed by atoms with Crippen LogP contribution in [0.4, 0.5) is 4.39 Å². The fraction of sp³-hybridized carbons (Fsp3) is 0.222. The Bertz CT molecular complexity index is 766. The monoisotopic (exact) mass is 344 g/mol. The first-order valence-electron chi connectivity index (χ1n) is 7.44. The lowest BCUT2D eigenvalue weighted by Crippen LogP contribution is -2.38. The molecule has 2 aromatic carbocycles. The Morgan fingerprint density at radius 2 is 2.00 bits per heavy atom. The van der Waals surface area contributed by atoms with Gasteiger partial charge < -0.3 is 10.6 Å². The molecule has 0 radical (unpaired) electrons. The Morgan fingerprint density at radius 1 is 1.29 bits per heavy atom. The smallest absolute Gasteiger partial charge is 0.191 e. The summed E-state index contributed by atoms with van der Waals surface area (Å²) in [6.07, 6.45) is 0. The van der Waals surface area contributed by atoms with Crippen LogP contribution in [0.15, 0.2) is 47.5 Å². The highest BCUT2D eigenvalue weighted by Gasteiger charge is 2.09. The summed E-state index contributed by atoms with van der Waals surface area (Å²) >= 11 is 5.89. The first-order valence-corrected chi connectivity index (χ1v) is 7.82. The van der Waals surface area contributed by atoms with Crippen LogP contribution in [-0.2, 0) is 6.54 Å². The number of hydrogen-bond donors (Lipinski definition) is 2. The average Bonchev–Trinajstić information content (AvgIpc) is 2.59. The molecule has 0 fully saturated rings. The minimum absolute atomic E-state index is 0.0132. The van der Waals surface area contributed by atoms with Crippen LogP contribution in [0, 0.1) is 17.1 Å². The zero-order valence-corrected chi connectivity index (χ0v) is 14.2. The molecule has 0 aromatic heterocycles. The van der Waals surface area contributed by atoms with E-state index in [-0.39, 0.29) is 12.6 Å². The second-order valence-electron chi connectivity index (χ2n) is 5.26. The number of aliphatic imine (C=N–C) groups is 1. The fourth-order valence-corrected chi connectivity index (χ4v) is 2.30. The van der Waals surface area contributed by atoms with E-state index in [2.05, 4.69) is 15.6 Å². The highest BCUT2D eigenvalue weighted by Crippen LogP contribution is 2.16. The maximum absolute atomic E-state index is 13.9. The van der Waals surface area contributed by atoms with E-state index in [1.54, 1.807) is 19.2 Å². The summed E-state index contributed by atoms with van der Waals surface area (Å²) in [7, 11) is 1.65. The summed E-state index contributed by atoms with van der Waals surface area (Å²) < 4.78 is 13.9. The molecule has 0 aliphatic heterocycles. The van der Waals surface area contributed by atoms with Crippen molar-refractivity contribution in [3.8, 4) is 6.07 Å². The fourth-order valence-electron chi connectivity index (χ4n) is 2.17. The normalized spacial score (nSPS) is 12.4. The molecule has 0 amide bonds. The van der Waals surface area contributed by atoms with E-state index in [4.69, 9.17) is 16.9 Å². The summed E-state index contributed by atoms with van der Waals surface area (Å²) in [5.41, 5.74) is 1.83. The first kappa shape index (κ1) is 17.8. The lowest BCUT2D eigenvalue weighted by Gasteiger charge is -2.18. The van der Waals surface area contributed by atoms with E-state index in [1.807, 2.05) is 37.3 Å². The molecule has 2 N–H and O–H groups in total. The van der Waals surface area contributed by atoms with E-state index < -0.39 is 5.82 Å². The molecule has 1 unspecified atom stereocenters. The molecule has 0 saturated carbocycles. The number of halogens is 2. The third kappa shape index (κ3) is 4.71. The van der Waals surface area contributed by atoms with Gasteiger partial charge in [0, 0.05) is 24.2 Å². The van der Waals surface area contributed by atoms with Gasteiger partial charge in [0.05, 0.1) is 17.7 Å². The molecular weight excluding hydrogens is 327 g/mol. The number of guanidine groups is 1. The zero-order valence-electron chi connectivity index (χ0n) is 13.5. The van der Waals surface area contributed by atoms with Gasteiger partial charge in [0.15, 0.2) is 5.96 Å². The zero-order chi connectivity index (χ0) is 17.5. The van der Waals surface area contributed by atoms with Gasteiger partial charge in [-0.1, -0.05) is 29.8 Å². The molecule has 0 saturated heterocycles. The van der Waals surface area contributed by atoms with Crippen LogP contribution in [0.3, 0.4) is 0 Å². The van der Waals surface area contributed by atoms with E-state index in [0.29, 0.717) is 22.1 Å². The molecular formula is C18H18ClFN4. The Labute approximate surface area is 146 Å². The van der Waals surface area contributed by atoms with Gasteiger partial charge in [0.2, 0.25) is 0 Å². The molecule has 6 heteroatoms. The molecule has 0 aliphatic rings. The first-order chi connectivity index (χ1) is 11.5. The van der Waals surface area contributed by atoms with Crippen molar-refractivity contribution < 1.29 is 4.39 Å².